The Labute approximate surface area is 130 Å². The standard InChI is InChI=1S/C13H12F2N2O3S2/c14-12(15)22(19,20)10-3-1-9(2-4-10)11(18)17-13(7-16)5-6-21-8-13/h1-4,12H,5-6,8H2,(H,17,18). The van der Waals surface area contributed by atoms with Gasteiger partial charge >= 0.3 is 5.76 Å². The van der Waals surface area contributed by atoms with Gasteiger partial charge in [-0.3, -0.25) is 4.79 Å². The minimum Gasteiger partial charge on any atom is -0.333 e. The van der Waals surface area contributed by atoms with Crippen LogP contribution >= 0.6 is 11.8 Å². The Balaban J connectivity index is 2.17. The lowest BCUT2D eigenvalue weighted by molar-refractivity contribution is 0.0926. The Morgan fingerprint density at radius 2 is 2.00 bits per heavy atom. The van der Waals surface area contributed by atoms with Crippen LogP contribution in [-0.2, 0) is 9.84 Å². The number of carbonyl (C=O) groups excluding carboxylic acids is 1. The van der Waals surface area contributed by atoms with Crippen molar-refractivity contribution in [3.05, 3.63) is 29.8 Å². The molecule has 0 aromatic heterocycles. The summed E-state index contributed by atoms with van der Waals surface area (Å²) in [5.74, 6) is -2.80. The largest absolute Gasteiger partial charge is 0.341 e. The Hall–Kier alpha value is -1.66. The van der Waals surface area contributed by atoms with Crippen molar-refractivity contribution in [3.63, 3.8) is 0 Å². The molecule has 1 aromatic rings. The van der Waals surface area contributed by atoms with Crippen LogP contribution in [0, 0.1) is 11.3 Å². The van der Waals surface area contributed by atoms with Gasteiger partial charge < -0.3 is 5.32 Å². The van der Waals surface area contributed by atoms with E-state index in [1.54, 1.807) is 11.8 Å². The summed E-state index contributed by atoms with van der Waals surface area (Å²) >= 11 is 1.55. The third-order valence-electron chi connectivity index (χ3n) is 3.27. The lowest BCUT2D eigenvalue weighted by atomic mass is 10.0. The van der Waals surface area contributed by atoms with Gasteiger partial charge in [0.1, 0.15) is 5.54 Å². The number of halogens is 2. The fourth-order valence-electron chi connectivity index (χ4n) is 1.97. The van der Waals surface area contributed by atoms with Crippen LogP contribution in [0.2, 0.25) is 0 Å². The minimum atomic E-state index is -4.68. The highest BCUT2D eigenvalue weighted by Gasteiger charge is 2.36. The first-order valence-electron chi connectivity index (χ1n) is 6.24. The minimum absolute atomic E-state index is 0.111. The number of sulfone groups is 1. The van der Waals surface area contributed by atoms with Crippen molar-refractivity contribution in [1.82, 2.24) is 5.32 Å². The molecule has 0 saturated carbocycles. The van der Waals surface area contributed by atoms with Crippen molar-refractivity contribution in [2.75, 3.05) is 11.5 Å². The second-order valence-corrected chi connectivity index (χ2v) is 7.80. The first kappa shape index (κ1) is 16.7. The number of benzene rings is 1. The van der Waals surface area contributed by atoms with E-state index in [9.17, 15) is 27.3 Å². The molecule has 1 amide bonds. The van der Waals surface area contributed by atoms with Crippen LogP contribution in [0.4, 0.5) is 8.78 Å². The SMILES string of the molecule is N#CC1(NC(=O)c2ccc(S(=O)(=O)C(F)F)cc2)CCSC1. The number of thioether (sulfide) groups is 1. The first-order chi connectivity index (χ1) is 10.3. The summed E-state index contributed by atoms with van der Waals surface area (Å²) in [4.78, 5) is 11.5. The molecule has 2 rings (SSSR count). The van der Waals surface area contributed by atoms with E-state index in [1.807, 2.05) is 0 Å². The van der Waals surface area contributed by atoms with Crippen LogP contribution in [0.3, 0.4) is 0 Å². The molecule has 1 fully saturated rings. The molecule has 1 atom stereocenters. The van der Waals surface area contributed by atoms with Gasteiger partial charge in [0.05, 0.1) is 11.0 Å². The summed E-state index contributed by atoms with van der Waals surface area (Å²) in [5.41, 5.74) is -0.824. The van der Waals surface area contributed by atoms with Gasteiger partial charge in [-0.1, -0.05) is 0 Å². The second-order valence-electron chi connectivity index (χ2n) is 4.78. The number of nitrogens with zero attached hydrogens (tertiary/aromatic N) is 1. The number of nitriles is 1. The number of amides is 1. The third kappa shape index (κ3) is 3.23. The highest BCUT2D eigenvalue weighted by molar-refractivity contribution is 7.99. The molecule has 1 N–H and O–H groups in total. The van der Waals surface area contributed by atoms with E-state index in [-0.39, 0.29) is 5.56 Å². The molecule has 0 radical (unpaired) electrons. The molecular weight excluding hydrogens is 334 g/mol. The smallest absolute Gasteiger partial charge is 0.333 e. The van der Waals surface area contributed by atoms with E-state index in [0.717, 1.165) is 30.0 Å². The average Bonchev–Trinajstić information content (AvgIpc) is 2.96. The van der Waals surface area contributed by atoms with Gasteiger partial charge in [-0.25, -0.2) is 8.42 Å². The summed E-state index contributed by atoms with van der Waals surface area (Å²) in [6, 6.07) is 6.30. The fraction of sp³-hybridized carbons (Fsp3) is 0.385. The molecule has 1 saturated heterocycles. The molecule has 1 aliphatic heterocycles. The fourth-order valence-corrected chi connectivity index (χ4v) is 3.96. The molecule has 1 heterocycles. The van der Waals surface area contributed by atoms with Crippen molar-refractivity contribution < 1.29 is 22.0 Å². The zero-order chi connectivity index (χ0) is 16.4. The summed E-state index contributed by atoms with van der Waals surface area (Å²) in [6.07, 6.45) is 0.526. The number of hydrogen-bond acceptors (Lipinski definition) is 5. The molecule has 22 heavy (non-hydrogen) atoms. The summed E-state index contributed by atoms with van der Waals surface area (Å²) < 4.78 is 47.4. The van der Waals surface area contributed by atoms with Crippen LogP contribution in [0.1, 0.15) is 16.8 Å². The molecule has 0 spiro atoms. The highest BCUT2D eigenvalue weighted by Crippen LogP contribution is 2.27. The molecular formula is C13H12F2N2O3S2. The van der Waals surface area contributed by atoms with E-state index in [1.165, 1.54) is 0 Å². The van der Waals surface area contributed by atoms with E-state index in [0.29, 0.717) is 12.2 Å². The maximum atomic E-state index is 12.4. The summed E-state index contributed by atoms with van der Waals surface area (Å²) in [6.45, 7) is 0. The number of nitrogens with one attached hydrogen (secondary N) is 1. The number of rotatable bonds is 4. The lowest BCUT2D eigenvalue weighted by Gasteiger charge is -2.21. The van der Waals surface area contributed by atoms with E-state index < -0.39 is 31.9 Å². The zero-order valence-corrected chi connectivity index (χ0v) is 12.9. The van der Waals surface area contributed by atoms with Gasteiger partial charge in [-0.05, 0) is 36.4 Å². The van der Waals surface area contributed by atoms with Crippen LogP contribution in [0.15, 0.2) is 29.2 Å². The van der Waals surface area contributed by atoms with Gasteiger partial charge in [-0.2, -0.15) is 25.8 Å². The van der Waals surface area contributed by atoms with Gasteiger partial charge in [-0.15, -0.1) is 0 Å². The van der Waals surface area contributed by atoms with Crippen LogP contribution in [0.25, 0.3) is 0 Å². The van der Waals surface area contributed by atoms with Crippen LogP contribution in [0.5, 0.6) is 0 Å². The number of carbonyl (C=O) groups is 1. The summed E-state index contributed by atoms with van der Waals surface area (Å²) in [5, 5.41) is 11.8. The topological polar surface area (TPSA) is 87.0 Å². The number of alkyl halides is 2. The van der Waals surface area contributed by atoms with Crippen LogP contribution in [-0.4, -0.2) is 37.1 Å². The van der Waals surface area contributed by atoms with Crippen LogP contribution < -0.4 is 5.32 Å². The maximum Gasteiger partial charge on any atom is 0.341 e. The normalized spacial score (nSPS) is 21.5. The Morgan fingerprint density at radius 1 is 1.36 bits per heavy atom. The molecule has 1 unspecified atom stereocenters. The molecule has 118 valence electrons. The molecule has 1 aromatic carbocycles. The van der Waals surface area contributed by atoms with Gasteiger partial charge in [0.15, 0.2) is 0 Å². The van der Waals surface area contributed by atoms with Crippen molar-refractivity contribution in [2.24, 2.45) is 0 Å². The molecule has 0 aliphatic carbocycles. The van der Waals surface area contributed by atoms with Gasteiger partial charge in [0.25, 0.3) is 5.91 Å². The van der Waals surface area contributed by atoms with Crippen molar-refractivity contribution in [2.45, 2.75) is 22.6 Å². The monoisotopic (exact) mass is 346 g/mol. The third-order valence-corrected chi connectivity index (χ3v) is 5.86. The van der Waals surface area contributed by atoms with E-state index in [2.05, 4.69) is 11.4 Å². The maximum absolute atomic E-state index is 12.4. The molecule has 1 aliphatic rings. The lowest BCUT2D eigenvalue weighted by Crippen LogP contribution is -2.47. The Bertz CT molecular complexity index is 706. The first-order valence-corrected chi connectivity index (χ1v) is 8.94. The van der Waals surface area contributed by atoms with E-state index in [4.69, 9.17) is 0 Å². The van der Waals surface area contributed by atoms with Crippen molar-refractivity contribution in [1.29, 1.82) is 5.26 Å². The van der Waals surface area contributed by atoms with Crippen molar-refractivity contribution in [3.8, 4) is 6.07 Å². The van der Waals surface area contributed by atoms with Gasteiger partial charge in [0, 0.05) is 11.3 Å². The average molecular weight is 346 g/mol. The Morgan fingerprint density at radius 3 is 2.45 bits per heavy atom. The Kier molecular flexibility index (Phi) is 4.72. The van der Waals surface area contributed by atoms with E-state index >= 15 is 0 Å². The van der Waals surface area contributed by atoms with Gasteiger partial charge in [0.2, 0.25) is 9.84 Å². The summed E-state index contributed by atoms with van der Waals surface area (Å²) in [7, 11) is -4.68. The zero-order valence-electron chi connectivity index (χ0n) is 11.3. The number of hydrogen-bond donors (Lipinski definition) is 1. The van der Waals surface area contributed by atoms with Crippen molar-refractivity contribution >= 4 is 27.5 Å². The molecule has 5 nitrogen and oxygen atoms in total. The molecule has 0 bridgehead atoms. The second kappa shape index (κ2) is 6.22. The highest BCUT2D eigenvalue weighted by atomic mass is 32.2. The predicted octanol–water partition coefficient (Wildman–Crippen LogP) is 1.81. The quantitative estimate of drug-likeness (QED) is 0.898. The predicted molar refractivity (Wildman–Crippen MR) is 77.4 cm³/mol. The molecule has 9 heteroatoms.